The molecule has 0 fully saturated rings. The summed E-state index contributed by atoms with van der Waals surface area (Å²) in [6.45, 7) is 2.92. The van der Waals surface area contributed by atoms with Crippen LogP contribution in [0.4, 0.5) is 0 Å². The van der Waals surface area contributed by atoms with Crippen LogP contribution in [0.2, 0.25) is 0 Å². The predicted octanol–water partition coefficient (Wildman–Crippen LogP) is 1.30. The molecule has 0 aromatic heterocycles. The fourth-order valence-electron chi connectivity index (χ4n) is 0. The Morgan fingerprint density at radius 2 is 2.20 bits per heavy atom. The second-order valence-electron chi connectivity index (χ2n) is 0.827. The lowest BCUT2D eigenvalue weighted by atomic mass is 10.5. The van der Waals surface area contributed by atoms with Crippen molar-refractivity contribution in [2.75, 3.05) is 0 Å². The molecule has 0 aromatic carbocycles. The Labute approximate surface area is 40.1 Å². The van der Waals surface area contributed by atoms with E-state index in [1.807, 2.05) is 6.92 Å². The van der Waals surface area contributed by atoms with Gasteiger partial charge in [-0.1, -0.05) is 22.9 Å². The summed E-state index contributed by atoms with van der Waals surface area (Å²) >= 11 is 3.07. The molecule has 0 amide bonds. The van der Waals surface area contributed by atoms with Gasteiger partial charge >= 0.3 is 0 Å². The molecular formula is C3H6BrO. The van der Waals surface area contributed by atoms with E-state index >= 15 is 0 Å². The largest absolute Gasteiger partial charge is 0.389 e. The maximum Gasteiger partial charge on any atom is 0.0931 e. The van der Waals surface area contributed by atoms with Gasteiger partial charge in [-0.25, -0.2) is 0 Å². The van der Waals surface area contributed by atoms with Crippen molar-refractivity contribution in [1.82, 2.24) is 0 Å². The Hall–Kier alpha value is 0.440. The van der Waals surface area contributed by atoms with E-state index in [2.05, 4.69) is 15.9 Å². The molecule has 1 N–H and O–H groups in total. The highest BCUT2D eigenvalue weighted by Crippen LogP contribution is 1.95. The molecule has 1 unspecified atom stereocenters. The lowest BCUT2D eigenvalue weighted by Crippen LogP contribution is -1.85. The lowest BCUT2D eigenvalue weighted by molar-refractivity contribution is 0.387. The zero-order chi connectivity index (χ0) is 4.28. The highest BCUT2D eigenvalue weighted by atomic mass is 79.9. The third-order valence-electron chi connectivity index (χ3n) is 0.205. The molecule has 0 spiro atoms. The van der Waals surface area contributed by atoms with E-state index in [1.54, 1.807) is 0 Å². The van der Waals surface area contributed by atoms with Gasteiger partial charge in [-0.05, 0) is 0 Å². The third kappa shape index (κ3) is 4.44. The molecule has 0 aliphatic carbocycles. The monoisotopic (exact) mass is 137 g/mol. The minimum atomic E-state index is 0.127. The lowest BCUT2D eigenvalue weighted by Gasteiger charge is -1.86. The molecule has 0 saturated heterocycles. The van der Waals surface area contributed by atoms with Crippen LogP contribution < -0.4 is 0 Å². The number of aliphatic hydroxyl groups is 1. The van der Waals surface area contributed by atoms with E-state index in [4.69, 9.17) is 5.11 Å². The van der Waals surface area contributed by atoms with Crippen LogP contribution in [0, 0.1) is 6.61 Å². The van der Waals surface area contributed by atoms with Crippen LogP contribution in [0.25, 0.3) is 0 Å². The van der Waals surface area contributed by atoms with Crippen molar-refractivity contribution in [1.29, 1.82) is 0 Å². The van der Waals surface area contributed by atoms with Gasteiger partial charge in [0, 0.05) is 4.83 Å². The average Bonchev–Trinajstić information content (AvgIpc) is 1.38. The first-order valence-electron chi connectivity index (χ1n) is 1.39. The maximum absolute atomic E-state index is 7.97. The molecule has 0 rings (SSSR count). The van der Waals surface area contributed by atoms with Crippen molar-refractivity contribution in [3.63, 3.8) is 0 Å². The Morgan fingerprint density at radius 3 is 2.20 bits per heavy atom. The summed E-state index contributed by atoms with van der Waals surface area (Å²) in [5.74, 6) is 0. The SMILES string of the molecule is CC(Br)[CH]O. The molecule has 31 valence electrons. The Bertz CT molecular complexity index is 20.9. The first kappa shape index (κ1) is 5.44. The minimum Gasteiger partial charge on any atom is -0.389 e. The number of aliphatic hydroxyl groups excluding tert-OH is 1. The van der Waals surface area contributed by atoms with Crippen molar-refractivity contribution in [2.24, 2.45) is 0 Å². The van der Waals surface area contributed by atoms with Crippen molar-refractivity contribution >= 4 is 15.9 Å². The predicted molar refractivity (Wildman–Crippen MR) is 24.6 cm³/mol. The highest BCUT2D eigenvalue weighted by molar-refractivity contribution is 9.09. The second kappa shape index (κ2) is 2.67. The molecular weight excluding hydrogens is 132 g/mol. The van der Waals surface area contributed by atoms with Gasteiger partial charge in [-0.2, -0.15) is 0 Å². The van der Waals surface area contributed by atoms with Crippen molar-refractivity contribution in [3.8, 4) is 0 Å². The standard InChI is InChI=1S/C3H6BrO/c1-3(4)2-5/h2-3,5H,1H3. The summed E-state index contributed by atoms with van der Waals surface area (Å²) in [5, 5.41) is 7.97. The fraction of sp³-hybridized carbons (Fsp3) is 0.667. The van der Waals surface area contributed by atoms with E-state index in [1.165, 1.54) is 0 Å². The van der Waals surface area contributed by atoms with Crippen molar-refractivity contribution < 1.29 is 5.11 Å². The summed E-state index contributed by atoms with van der Waals surface area (Å²) in [5.41, 5.74) is 0. The zero-order valence-corrected chi connectivity index (χ0v) is 4.57. The molecule has 0 heterocycles. The topological polar surface area (TPSA) is 20.2 Å². The van der Waals surface area contributed by atoms with E-state index in [0.717, 1.165) is 6.61 Å². The van der Waals surface area contributed by atoms with Crippen LogP contribution >= 0.6 is 15.9 Å². The molecule has 5 heavy (non-hydrogen) atoms. The third-order valence-corrected chi connectivity index (χ3v) is 0.442. The molecule has 1 nitrogen and oxygen atoms in total. The number of halogens is 1. The summed E-state index contributed by atoms with van der Waals surface area (Å²) in [7, 11) is 0. The number of hydrogen-bond acceptors (Lipinski definition) is 1. The van der Waals surface area contributed by atoms with Crippen LogP contribution in [-0.2, 0) is 0 Å². The van der Waals surface area contributed by atoms with Gasteiger partial charge in [-0.15, -0.1) is 0 Å². The van der Waals surface area contributed by atoms with E-state index in [9.17, 15) is 0 Å². The normalized spacial score (nSPS) is 15.0. The highest BCUT2D eigenvalue weighted by Gasteiger charge is 1.85. The van der Waals surface area contributed by atoms with Gasteiger partial charge in [0.15, 0.2) is 0 Å². The molecule has 0 saturated carbocycles. The summed E-state index contributed by atoms with van der Waals surface area (Å²) in [6.07, 6.45) is 0. The van der Waals surface area contributed by atoms with E-state index in [-0.39, 0.29) is 4.83 Å². The Kier molecular flexibility index (Phi) is 2.90. The number of hydrogen-bond donors (Lipinski definition) is 1. The molecule has 1 atom stereocenters. The molecule has 2 heteroatoms. The maximum atomic E-state index is 7.97. The minimum absolute atomic E-state index is 0.127. The summed E-state index contributed by atoms with van der Waals surface area (Å²) < 4.78 is 0. The van der Waals surface area contributed by atoms with Crippen LogP contribution in [0.3, 0.4) is 0 Å². The Morgan fingerprint density at radius 1 is 2.00 bits per heavy atom. The summed E-state index contributed by atoms with van der Waals surface area (Å²) in [6, 6.07) is 0. The molecule has 0 aliphatic rings. The quantitative estimate of drug-likeness (QED) is 0.541. The first-order chi connectivity index (χ1) is 2.27. The number of rotatable bonds is 1. The van der Waals surface area contributed by atoms with Crippen molar-refractivity contribution in [2.45, 2.75) is 11.8 Å². The average molecular weight is 138 g/mol. The molecule has 0 bridgehead atoms. The van der Waals surface area contributed by atoms with E-state index < -0.39 is 0 Å². The van der Waals surface area contributed by atoms with Gasteiger partial charge in [0.25, 0.3) is 0 Å². The molecule has 0 aliphatic heterocycles. The van der Waals surface area contributed by atoms with Crippen LogP contribution in [0.5, 0.6) is 0 Å². The summed E-state index contributed by atoms with van der Waals surface area (Å²) in [4.78, 5) is 0.127. The van der Waals surface area contributed by atoms with Crippen LogP contribution in [-0.4, -0.2) is 9.93 Å². The zero-order valence-electron chi connectivity index (χ0n) is 2.98. The smallest absolute Gasteiger partial charge is 0.0931 e. The molecule has 1 radical (unpaired) electrons. The van der Waals surface area contributed by atoms with Crippen molar-refractivity contribution in [3.05, 3.63) is 6.61 Å². The van der Waals surface area contributed by atoms with E-state index in [0.29, 0.717) is 0 Å². The van der Waals surface area contributed by atoms with Gasteiger partial charge in [-0.3, -0.25) is 0 Å². The molecule has 0 aromatic rings. The number of alkyl halides is 1. The van der Waals surface area contributed by atoms with Crippen LogP contribution in [0.1, 0.15) is 6.92 Å². The fourth-order valence-corrected chi connectivity index (χ4v) is 0. The van der Waals surface area contributed by atoms with Gasteiger partial charge in [0.1, 0.15) is 0 Å². The first-order valence-corrected chi connectivity index (χ1v) is 2.30. The Balaban J connectivity index is 2.54. The van der Waals surface area contributed by atoms with Gasteiger partial charge in [0.2, 0.25) is 0 Å². The van der Waals surface area contributed by atoms with Gasteiger partial charge in [0.05, 0.1) is 6.61 Å². The second-order valence-corrected chi connectivity index (χ2v) is 2.27. The van der Waals surface area contributed by atoms with Gasteiger partial charge < -0.3 is 5.11 Å². The van der Waals surface area contributed by atoms with Crippen LogP contribution in [0.15, 0.2) is 0 Å².